The summed E-state index contributed by atoms with van der Waals surface area (Å²) in [6.45, 7) is 6.92. The molecule has 0 saturated carbocycles. The van der Waals surface area contributed by atoms with Crippen molar-refractivity contribution in [2.75, 3.05) is 0 Å². The van der Waals surface area contributed by atoms with Crippen LogP contribution in [-0.4, -0.2) is 10.9 Å². The highest BCUT2D eigenvalue weighted by molar-refractivity contribution is 7.14. The molecular weight excluding hydrogens is 248 g/mol. The van der Waals surface area contributed by atoms with Gasteiger partial charge in [0.05, 0.1) is 10.6 Å². The molecule has 0 fully saturated rings. The Morgan fingerprint density at radius 1 is 1.39 bits per heavy atom. The molecule has 0 bridgehead atoms. The van der Waals surface area contributed by atoms with Crippen LogP contribution in [0.2, 0.25) is 0 Å². The first-order valence-electron chi connectivity index (χ1n) is 5.80. The first-order chi connectivity index (χ1) is 8.58. The second kappa shape index (κ2) is 5.46. The lowest BCUT2D eigenvalue weighted by molar-refractivity contribution is 0.102. The molecule has 2 rings (SSSR count). The van der Waals surface area contributed by atoms with Gasteiger partial charge in [0.2, 0.25) is 0 Å². The number of Topliss-reactive ketones (excluding diaryl/α,β-unsaturated/α-hetero) is 1. The molecule has 0 aliphatic rings. The van der Waals surface area contributed by atoms with Gasteiger partial charge in [-0.2, -0.15) is 0 Å². The zero-order chi connectivity index (χ0) is 13.1. The fourth-order valence-electron chi connectivity index (χ4n) is 1.73. The summed E-state index contributed by atoms with van der Waals surface area (Å²) in [5.74, 6) is 0.979. The maximum absolute atomic E-state index is 11.2. The molecule has 18 heavy (non-hydrogen) atoms. The molecule has 2 aromatic rings. The molecule has 0 saturated heterocycles. The summed E-state index contributed by atoms with van der Waals surface area (Å²) in [5.41, 5.74) is 2.04. The largest absolute Gasteiger partial charge is 0.361 e. The van der Waals surface area contributed by atoms with Crippen molar-refractivity contribution in [1.82, 2.24) is 10.5 Å². The first-order valence-corrected chi connectivity index (χ1v) is 6.61. The van der Waals surface area contributed by atoms with Crippen LogP contribution in [0, 0.1) is 13.8 Å². The Labute approximate surface area is 110 Å². The Balaban J connectivity index is 1.90. The number of nitrogens with one attached hydrogen (secondary N) is 1. The molecule has 4 nitrogen and oxygen atoms in total. The first kappa shape index (κ1) is 13.0. The second-order valence-electron chi connectivity index (χ2n) is 4.23. The Morgan fingerprint density at radius 2 is 2.17 bits per heavy atom. The van der Waals surface area contributed by atoms with Crippen LogP contribution in [0.25, 0.3) is 0 Å². The predicted molar refractivity (Wildman–Crippen MR) is 70.8 cm³/mol. The average Bonchev–Trinajstić information content (AvgIpc) is 2.90. The Hall–Kier alpha value is -1.46. The van der Waals surface area contributed by atoms with Crippen molar-refractivity contribution < 1.29 is 9.32 Å². The van der Waals surface area contributed by atoms with E-state index in [2.05, 4.69) is 10.5 Å². The van der Waals surface area contributed by atoms with Crippen molar-refractivity contribution in [3.63, 3.8) is 0 Å². The van der Waals surface area contributed by atoms with Crippen LogP contribution in [0.3, 0.4) is 0 Å². The van der Waals surface area contributed by atoms with E-state index in [1.165, 1.54) is 11.3 Å². The number of ketones is 1. The number of carbonyl (C=O) groups excluding carboxylic acids is 1. The summed E-state index contributed by atoms with van der Waals surface area (Å²) in [6, 6.07) is 3.86. The van der Waals surface area contributed by atoms with E-state index in [9.17, 15) is 4.79 Å². The maximum atomic E-state index is 11.2. The van der Waals surface area contributed by atoms with Crippen molar-refractivity contribution in [1.29, 1.82) is 0 Å². The molecule has 0 atom stereocenters. The quantitative estimate of drug-likeness (QED) is 0.844. The number of aryl methyl sites for hydroxylation is 2. The summed E-state index contributed by atoms with van der Waals surface area (Å²) in [5, 5.41) is 7.25. The van der Waals surface area contributed by atoms with Crippen LogP contribution < -0.4 is 5.32 Å². The van der Waals surface area contributed by atoms with E-state index in [1.54, 1.807) is 6.92 Å². The van der Waals surface area contributed by atoms with Gasteiger partial charge in [-0.15, -0.1) is 11.3 Å². The molecule has 2 heterocycles. The molecule has 1 N–H and O–H groups in total. The molecule has 96 valence electrons. The van der Waals surface area contributed by atoms with Gasteiger partial charge in [-0.3, -0.25) is 4.79 Å². The van der Waals surface area contributed by atoms with Crippen molar-refractivity contribution >= 4 is 17.1 Å². The summed E-state index contributed by atoms with van der Waals surface area (Å²) < 4.78 is 5.10. The minimum absolute atomic E-state index is 0.122. The Morgan fingerprint density at radius 3 is 2.72 bits per heavy atom. The SMILES string of the molecule is CC(=O)c1ccc(CNCc2c(C)noc2C)s1. The van der Waals surface area contributed by atoms with Crippen LogP contribution in [0.4, 0.5) is 0 Å². The summed E-state index contributed by atoms with van der Waals surface area (Å²) in [6.07, 6.45) is 0. The summed E-state index contributed by atoms with van der Waals surface area (Å²) in [4.78, 5) is 13.1. The molecule has 2 aromatic heterocycles. The zero-order valence-electron chi connectivity index (χ0n) is 10.7. The third-order valence-corrected chi connectivity index (χ3v) is 3.98. The average molecular weight is 264 g/mol. The predicted octanol–water partition coefficient (Wildman–Crippen LogP) is 2.85. The lowest BCUT2D eigenvalue weighted by Gasteiger charge is -2.02. The number of rotatable bonds is 5. The zero-order valence-corrected chi connectivity index (χ0v) is 11.6. The summed E-state index contributed by atoms with van der Waals surface area (Å²) in [7, 11) is 0. The number of hydrogen-bond acceptors (Lipinski definition) is 5. The smallest absolute Gasteiger partial charge is 0.169 e. The number of nitrogens with zero attached hydrogens (tertiary/aromatic N) is 1. The minimum Gasteiger partial charge on any atom is -0.361 e. The van der Waals surface area contributed by atoms with Crippen LogP contribution >= 0.6 is 11.3 Å². The molecule has 0 radical (unpaired) electrons. The van der Waals surface area contributed by atoms with Gasteiger partial charge in [0, 0.05) is 23.5 Å². The van der Waals surface area contributed by atoms with Crippen LogP contribution in [0.15, 0.2) is 16.7 Å². The van der Waals surface area contributed by atoms with E-state index in [4.69, 9.17) is 4.52 Å². The minimum atomic E-state index is 0.122. The maximum Gasteiger partial charge on any atom is 0.169 e. The lowest BCUT2D eigenvalue weighted by atomic mass is 10.2. The van der Waals surface area contributed by atoms with E-state index >= 15 is 0 Å². The third kappa shape index (κ3) is 2.86. The van der Waals surface area contributed by atoms with Crippen LogP contribution in [-0.2, 0) is 13.1 Å². The molecule has 0 aromatic carbocycles. The highest BCUT2D eigenvalue weighted by Crippen LogP contribution is 2.17. The summed E-state index contributed by atoms with van der Waals surface area (Å²) >= 11 is 1.54. The van der Waals surface area contributed by atoms with Crippen molar-refractivity contribution in [3.8, 4) is 0 Å². The normalized spacial score (nSPS) is 10.8. The molecule has 0 amide bonds. The van der Waals surface area contributed by atoms with Gasteiger partial charge in [0.25, 0.3) is 0 Å². The van der Waals surface area contributed by atoms with Gasteiger partial charge in [0.1, 0.15) is 5.76 Å². The molecular formula is C13H16N2O2S. The second-order valence-corrected chi connectivity index (χ2v) is 5.40. The number of carbonyl (C=O) groups is 1. The fourth-order valence-corrected chi connectivity index (χ4v) is 2.60. The number of thiophene rings is 1. The third-order valence-electron chi connectivity index (χ3n) is 2.79. The van der Waals surface area contributed by atoms with Crippen LogP contribution in [0.5, 0.6) is 0 Å². The van der Waals surface area contributed by atoms with Gasteiger partial charge in [-0.05, 0) is 32.9 Å². The monoisotopic (exact) mass is 264 g/mol. The molecule has 0 spiro atoms. The fraction of sp³-hybridized carbons (Fsp3) is 0.385. The van der Waals surface area contributed by atoms with E-state index in [0.29, 0.717) is 0 Å². The standard InChI is InChI=1S/C13H16N2O2S/c1-8-12(10(3)17-15-8)7-14-6-11-4-5-13(18-11)9(2)16/h4-5,14H,6-7H2,1-3H3. The molecule has 0 aliphatic carbocycles. The van der Waals surface area contributed by atoms with Crippen molar-refractivity contribution in [2.45, 2.75) is 33.9 Å². The van der Waals surface area contributed by atoms with E-state index in [-0.39, 0.29) is 5.78 Å². The van der Waals surface area contributed by atoms with Gasteiger partial charge in [-0.1, -0.05) is 5.16 Å². The number of aromatic nitrogens is 1. The topological polar surface area (TPSA) is 55.1 Å². The van der Waals surface area contributed by atoms with Crippen molar-refractivity contribution in [2.24, 2.45) is 0 Å². The van der Waals surface area contributed by atoms with Gasteiger partial charge < -0.3 is 9.84 Å². The van der Waals surface area contributed by atoms with E-state index in [1.807, 2.05) is 26.0 Å². The van der Waals surface area contributed by atoms with Gasteiger partial charge in [0.15, 0.2) is 5.78 Å². The van der Waals surface area contributed by atoms with E-state index < -0.39 is 0 Å². The molecule has 5 heteroatoms. The highest BCUT2D eigenvalue weighted by atomic mass is 32.1. The molecule has 0 aliphatic heterocycles. The lowest BCUT2D eigenvalue weighted by Crippen LogP contribution is -2.12. The Kier molecular flexibility index (Phi) is 3.93. The van der Waals surface area contributed by atoms with E-state index in [0.717, 1.165) is 39.9 Å². The highest BCUT2D eigenvalue weighted by Gasteiger charge is 2.08. The van der Waals surface area contributed by atoms with Crippen molar-refractivity contribution in [3.05, 3.63) is 38.9 Å². The molecule has 0 unspecified atom stereocenters. The number of hydrogen-bond donors (Lipinski definition) is 1. The Bertz CT molecular complexity index is 538. The van der Waals surface area contributed by atoms with Crippen LogP contribution in [0.1, 0.15) is 38.5 Å². The van der Waals surface area contributed by atoms with Gasteiger partial charge in [-0.25, -0.2) is 0 Å². The van der Waals surface area contributed by atoms with Gasteiger partial charge >= 0.3 is 0 Å².